The molecular formula is C20H15ClN2O2S2. The fraction of sp³-hybridized carbons (Fsp3) is 0.100. The van der Waals surface area contributed by atoms with Gasteiger partial charge in [-0.2, -0.15) is 4.99 Å². The molecule has 4 rings (SSSR count). The number of carbonyl (C=O) groups excluding carboxylic acids is 1. The predicted molar refractivity (Wildman–Crippen MR) is 113 cm³/mol. The molecule has 0 fully saturated rings. The van der Waals surface area contributed by atoms with Crippen molar-refractivity contribution in [2.75, 3.05) is 7.11 Å². The summed E-state index contributed by atoms with van der Waals surface area (Å²) in [6, 6.07) is 13.5. The van der Waals surface area contributed by atoms with E-state index in [0.717, 1.165) is 26.1 Å². The zero-order valence-electron chi connectivity index (χ0n) is 14.4. The lowest BCUT2D eigenvalue weighted by Gasteiger charge is -2.02. The summed E-state index contributed by atoms with van der Waals surface area (Å²) in [4.78, 5) is 18.3. The van der Waals surface area contributed by atoms with Crippen LogP contribution in [-0.4, -0.2) is 17.6 Å². The molecule has 2 heterocycles. The van der Waals surface area contributed by atoms with Crippen molar-refractivity contribution >= 4 is 60.5 Å². The number of hydrogen-bond acceptors (Lipinski definition) is 4. The molecule has 2 aromatic carbocycles. The largest absolute Gasteiger partial charge is 0.497 e. The van der Waals surface area contributed by atoms with Gasteiger partial charge < -0.3 is 9.30 Å². The predicted octanol–water partition coefficient (Wildman–Crippen LogP) is 5.51. The number of fused-ring (bicyclic) bond motifs is 2. The van der Waals surface area contributed by atoms with Crippen molar-refractivity contribution in [3.63, 3.8) is 0 Å². The van der Waals surface area contributed by atoms with Gasteiger partial charge in [-0.3, -0.25) is 4.79 Å². The second kappa shape index (κ2) is 7.31. The highest BCUT2D eigenvalue weighted by atomic mass is 35.5. The molecule has 0 radical (unpaired) electrons. The Morgan fingerprint density at radius 1 is 1.26 bits per heavy atom. The summed E-state index contributed by atoms with van der Waals surface area (Å²) in [6.45, 7) is 4.37. The summed E-state index contributed by atoms with van der Waals surface area (Å²) >= 11 is 9.23. The highest BCUT2D eigenvalue weighted by Gasteiger charge is 2.17. The van der Waals surface area contributed by atoms with Crippen LogP contribution in [0, 0.1) is 0 Å². The molecule has 0 saturated heterocycles. The fourth-order valence-corrected chi connectivity index (χ4v) is 5.32. The van der Waals surface area contributed by atoms with Gasteiger partial charge in [-0.1, -0.05) is 47.2 Å². The first-order valence-corrected chi connectivity index (χ1v) is 10.2. The molecule has 4 aromatic rings. The Labute approximate surface area is 168 Å². The number of methoxy groups -OCH3 is 1. The van der Waals surface area contributed by atoms with E-state index in [1.807, 2.05) is 47.0 Å². The number of allylic oxidation sites excluding steroid dienone is 1. The van der Waals surface area contributed by atoms with Gasteiger partial charge in [-0.05, 0) is 24.3 Å². The van der Waals surface area contributed by atoms with E-state index in [-0.39, 0.29) is 5.91 Å². The molecule has 27 heavy (non-hydrogen) atoms. The number of ether oxygens (including phenoxy) is 1. The van der Waals surface area contributed by atoms with Crippen LogP contribution in [0.2, 0.25) is 5.02 Å². The van der Waals surface area contributed by atoms with Crippen molar-refractivity contribution in [1.82, 2.24) is 4.57 Å². The van der Waals surface area contributed by atoms with Gasteiger partial charge in [0.1, 0.15) is 10.6 Å². The van der Waals surface area contributed by atoms with Gasteiger partial charge in [0.25, 0.3) is 5.91 Å². The third kappa shape index (κ3) is 3.20. The number of benzene rings is 2. The summed E-state index contributed by atoms with van der Waals surface area (Å²) in [5, 5.41) is 1.34. The van der Waals surface area contributed by atoms with Gasteiger partial charge in [-0.15, -0.1) is 17.9 Å². The van der Waals surface area contributed by atoms with Gasteiger partial charge in [0.2, 0.25) is 0 Å². The third-order valence-electron chi connectivity index (χ3n) is 4.13. The first-order valence-electron chi connectivity index (χ1n) is 8.16. The van der Waals surface area contributed by atoms with Crippen LogP contribution in [0.5, 0.6) is 5.75 Å². The Kier molecular flexibility index (Phi) is 4.86. The van der Waals surface area contributed by atoms with Crippen LogP contribution in [0.15, 0.2) is 60.1 Å². The molecule has 2 aromatic heterocycles. The van der Waals surface area contributed by atoms with Gasteiger partial charge >= 0.3 is 0 Å². The van der Waals surface area contributed by atoms with E-state index in [1.54, 1.807) is 13.2 Å². The Morgan fingerprint density at radius 2 is 2.07 bits per heavy atom. The third-order valence-corrected chi connectivity index (χ3v) is 6.83. The Hall–Kier alpha value is -2.41. The van der Waals surface area contributed by atoms with Crippen molar-refractivity contribution in [3.05, 3.63) is 69.8 Å². The maximum absolute atomic E-state index is 12.9. The van der Waals surface area contributed by atoms with Crippen molar-refractivity contribution in [1.29, 1.82) is 0 Å². The summed E-state index contributed by atoms with van der Waals surface area (Å²) < 4.78 is 9.22. The van der Waals surface area contributed by atoms with Gasteiger partial charge in [-0.25, -0.2) is 0 Å². The molecule has 136 valence electrons. The Balaban J connectivity index is 1.87. The minimum atomic E-state index is -0.336. The lowest BCUT2D eigenvalue weighted by molar-refractivity contribution is 0.100. The molecule has 7 heteroatoms. The van der Waals surface area contributed by atoms with E-state index in [2.05, 4.69) is 11.6 Å². The van der Waals surface area contributed by atoms with Crippen molar-refractivity contribution < 1.29 is 9.53 Å². The minimum absolute atomic E-state index is 0.336. The maximum atomic E-state index is 12.9. The molecule has 0 aliphatic carbocycles. The van der Waals surface area contributed by atoms with Gasteiger partial charge in [0.05, 0.1) is 22.3 Å². The van der Waals surface area contributed by atoms with Crippen LogP contribution in [0.1, 0.15) is 9.67 Å². The SMILES string of the molecule is C=CCn1c(=NC(=O)c2sc3ccccc3c2Cl)sc2cc(OC)ccc21. The summed E-state index contributed by atoms with van der Waals surface area (Å²) in [7, 11) is 1.63. The molecule has 4 nitrogen and oxygen atoms in total. The zero-order valence-corrected chi connectivity index (χ0v) is 16.8. The van der Waals surface area contributed by atoms with E-state index >= 15 is 0 Å². The Morgan fingerprint density at radius 3 is 2.81 bits per heavy atom. The number of nitrogens with zero attached hydrogens (tertiary/aromatic N) is 2. The molecule has 0 spiro atoms. The number of thiophene rings is 1. The van der Waals surface area contributed by atoms with E-state index in [0.29, 0.717) is 21.2 Å². The molecule has 0 aliphatic heterocycles. The first kappa shape index (κ1) is 18.0. The zero-order chi connectivity index (χ0) is 19.0. The van der Waals surface area contributed by atoms with Crippen molar-refractivity contribution in [2.24, 2.45) is 4.99 Å². The van der Waals surface area contributed by atoms with Crippen LogP contribution in [0.4, 0.5) is 0 Å². The minimum Gasteiger partial charge on any atom is -0.497 e. The number of hydrogen-bond donors (Lipinski definition) is 0. The van der Waals surface area contributed by atoms with Crippen LogP contribution >= 0.6 is 34.3 Å². The second-order valence-corrected chi connectivity index (χ2v) is 8.22. The number of amides is 1. The van der Waals surface area contributed by atoms with Crippen molar-refractivity contribution in [2.45, 2.75) is 6.54 Å². The standard InChI is InChI=1S/C20H15ClN2O2S2/c1-3-10-23-14-9-8-12(25-2)11-16(14)27-20(23)22-19(24)18-17(21)13-6-4-5-7-15(13)26-18/h3-9,11H,1,10H2,2H3. The lowest BCUT2D eigenvalue weighted by Crippen LogP contribution is -2.16. The number of thiazole rings is 1. The highest BCUT2D eigenvalue weighted by molar-refractivity contribution is 7.21. The molecule has 0 bridgehead atoms. The quantitative estimate of drug-likeness (QED) is 0.413. The molecular weight excluding hydrogens is 400 g/mol. The normalized spacial score (nSPS) is 12.0. The summed E-state index contributed by atoms with van der Waals surface area (Å²) in [5.74, 6) is 0.428. The van der Waals surface area contributed by atoms with Crippen LogP contribution in [-0.2, 0) is 6.54 Å². The monoisotopic (exact) mass is 414 g/mol. The van der Waals surface area contributed by atoms with E-state index in [4.69, 9.17) is 16.3 Å². The summed E-state index contributed by atoms with van der Waals surface area (Å²) in [5.41, 5.74) is 0.981. The molecule has 0 saturated carbocycles. The van der Waals surface area contributed by atoms with Gasteiger partial charge in [0, 0.05) is 16.6 Å². The average molecular weight is 415 g/mol. The topological polar surface area (TPSA) is 43.6 Å². The molecule has 0 atom stereocenters. The number of rotatable bonds is 4. The number of halogens is 1. The van der Waals surface area contributed by atoms with Crippen LogP contribution in [0.3, 0.4) is 0 Å². The van der Waals surface area contributed by atoms with E-state index < -0.39 is 0 Å². The van der Waals surface area contributed by atoms with E-state index in [1.165, 1.54) is 22.7 Å². The van der Waals surface area contributed by atoms with E-state index in [9.17, 15) is 4.79 Å². The summed E-state index contributed by atoms with van der Waals surface area (Å²) in [6.07, 6.45) is 1.78. The van der Waals surface area contributed by atoms with Gasteiger partial charge in [0.15, 0.2) is 4.80 Å². The van der Waals surface area contributed by atoms with Crippen LogP contribution in [0.25, 0.3) is 20.3 Å². The first-order chi connectivity index (χ1) is 13.1. The molecule has 0 N–H and O–H groups in total. The average Bonchev–Trinajstić information content (AvgIpc) is 3.20. The molecule has 1 amide bonds. The molecule has 0 aliphatic rings. The highest BCUT2D eigenvalue weighted by Crippen LogP contribution is 2.35. The molecule has 0 unspecified atom stereocenters. The fourth-order valence-electron chi connectivity index (χ4n) is 2.86. The number of aromatic nitrogens is 1. The van der Waals surface area contributed by atoms with Crippen molar-refractivity contribution in [3.8, 4) is 5.75 Å². The maximum Gasteiger partial charge on any atom is 0.291 e. The lowest BCUT2D eigenvalue weighted by atomic mass is 10.2. The smallest absolute Gasteiger partial charge is 0.291 e. The number of carbonyl (C=O) groups is 1. The second-order valence-electron chi connectivity index (χ2n) is 5.78. The Bertz CT molecular complexity index is 1250. The van der Waals surface area contributed by atoms with Crippen LogP contribution < -0.4 is 9.54 Å².